The summed E-state index contributed by atoms with van der Waals surface area (Å²) < 4.78 is 0. The van der Waals surface area contributed by atoms with E-state index in [1.807, 2.05) is 13.0 Å². The average molecular weight is 375 g/mol. The molecule has 25 heavy (non-hydrogen) atoms. The Morgan fingerprint density at radius 1 is 1.16 bits per heavy atom. The average Bonchev–Trinajstić information content (AvgIpc) is 2.84. The molecule has 1 aliphatic rings. The maximum absolute atomic E-state index is 12.9. The number of imide groups is 1. The maximum Gasteiger partial charge on any atom is 0.295 e. The zero-order chi connectivity index (χ0) is 18.1. The number of hydrogen-bond donors (Lipinski definition) is 0. The van der Waals surface area contributed by atoms with E-state index in [1.54, 1.807) is 42.5 Å². The van der Waals surface area contributed by atoms with Crippen LogP contribution in [0.1, 0.15) is 12.5 Å². The molecule has 0 aliphatic carbocycles. The summed E-state index contributed by atoms with van der Waals surface area (Å²) in [5.41, 5.74) is 1.96. The van der Waals surface area contributed by atoms with Gasteiger partial charge in [0.15, 0.2) is 5.37 Å². The van der Waals surface area contributed by atoms with Crippen molar-refractivity contribution in [2.75, 3.05) is 9.80 Å². The SMILES string of the molecule is CC(=O)N(c1ccc(Cl)cc1)[C@H]1SC(=O)N(c2cccc(C)c2)C1=O. The van der Waals surface area contributed by atoms with E-state index in [0.29, 0.717) is 16.4 Å². The van der Waals surface area contributed by atoms with Crippen LogP contribution >= 0.6 is 23.4 Å². The second-order valence-electron chi connectivity index (χ2n) is 5.61. The van der Waals surface area contributed by atoms with E-state index in [-0.39, 0.29) is 5.91 Å². The lowest BCUT2D eigenvalue weighted by Gasteiger charge is -2.25. The van der Waals surface area contributed by atoms with Crippen LogP contribution < -0.4 is 9.80 Å². The van der Waals surface area contributed by atoms with Gasteiger partial charge in [-0.1, -0.05) is 23.7 Å². The van der Waals surface area contributed by atoms with E-state index in [0.717, 1.165) is 22.2 Å². The van der Waals surface area contributed by atoms with Crippen molar-refractivity contribution in [3.63, 3.8) is 0 Å². The van der Waals surface area contributed by atoms with Gasteiger partial charge in [0.1, 0.15) is 0 Å². The third-order valence-corrected chi connectivity index (χ3v) is 5.04. The van der Waals surface area contributed by atoms with E-state index in [1.165, 1.54) is 11.8 Å². The minimum absolute atomic E-state index is 0.327. The number of anilines is 2. The topological polar surface area (TPSA) is 57.7 Å². The van der Waals surface area contributed by atoms with Crippen molar-refractivity contribution in [3.8, 4) is 0 Å². The smallest absolute Gasteiger partial charge is 0.290 e. The molecule has 1 aliphatic heterocycles. The number of carbonyl (C=O) groups excluding carboxylic acids is 3. The molecule has 5 nitrogen and oxygen atoms in total. The van der Waals surface area contributed by atoms with Gasteiger partial charge in [0.05, 0.1) is 5.69 Å². The molecule has 0 aromatic heterocycles. The summed E-state index contributed by atoms with van der Waals surface area (Å²) in [4.78, 5) is 39.9. The number of aryl methyl sites for hydroxylation is 1. The van der Waals surface area contributed by atoms with Crippen LogP contribution in [0, 0.1) is 6.92 Å². The van der Waals surface area contributed by atoms with Crippen LogP contribution in [0.2, 0.25) is 5.02 Å². The number of halogens is 1. The fourth-order valence-electron chi connectivity index (χ4n) is 2.65. The van der Waals surface area contributed by atoms with E-state index in [4.69, 9.17) is 11.6 Å². The van der Waals surface area contributed by atoms with Crippen LogP contribution in [0.4, 0.5) is 16.2 Å². The Morgan fingerprint density at radius 2 is 1.84 bits per heavy atom. The molecule has 0 radical (unpaired) electrons. The highest BCUT2D eigenvalue weighted by atomic mass is 35.5. The first kappa shape index (κ1) is 17.5. The molecule has 1 heterocycles. The molecule has 0 spiro atoms. The zero-order valence-corrected chi connectivity index (χ0v) is 15.2. The second-order valence-corrected chi connectivity index (χ2v) is 7.08. The predicted octanol–water partition coefficient (Wildman–Crippen LogP) is 4.23. The van der Waals surface area contributed by atoms with E-state index in [2.05, 4.69) is 0 Å². The Bertz CT molecular complexity index is 854. The van der Waals surface area contributed by atoms with Gasteiger partial charge in [-0.15, -0.1) is 0 Å². The molecular formula is C18H15ClN2O3S. The Hall–Kier alpha value is -2.31. The molecule has 1 saturated heterocycles. The first-order valence-corrected chi connectivity index (χ1v) is 8.81. The molecular weight excluding hydrogens is 360 g/mol. The first-order chi connectivity index (χ1) is 11.9. The molecule has 128 valence electrons. The largest absolute Gasteiger partial charge is 0.295 e. The third kappa shape index (κ3) is 3.41. The molecule has 1 fully saturated rings. The summed E-state index contributed by atoms with van der Waals surface area (Å²) in [5, 5.41) is -0.817. The van der Waals surface area contributed by atoms with Crippen molar-refractivity contribution in [1.82, 2.24) is 0 Å². The predicted molar refractivity (Wildman–Crippen MR) is 100 cm³/mol. The van der Waals surface area contributed by atoms with E-state index < -0.39 is 16.5 Å². The number of carbonyl (C=O) groups is 3. The minimum Gasteiger partial charge on any atom is -0.290 e. The minimum atomic E-state index is -0.938. The molecule has 7 heteroatoms. The van der Waals surface area contributed by atoms with Crippen LogP contribution in [0.25, 0.3) is 0 Å². The Kier molecular flexibility index (Phi) is 4.83. The van der Waals surface area contributed by atoms with Crippen LogP contribution in [-0.4, -0.2) is 22.4 Å². The lowest BCUT2D eigenvalue weighted by atomic mass is 10.2. The van der Waals surface area contributed by atoms with Crippen molar-refractivity contribution in [1.29, 1.82) is 0 Å². The molecule has 2 aromatic rings. The maximum atomic E-state index is 12.9. The molecule has 2 aromatic carbocycles. The highest BCUT2D eigenvalue weighted by Gasteiger charge is 2.45. The van der Waals surface area contributed by atoms with Crippen molar-refractivity contribution in [3.05, 3.63) is 59.1 Å². The summed E-state index contributed by atoms with van der Waals surface area (Å²) in [6, 6.07) is 13.7. The molecule has 0 bridgehead atoms. The van der Waals surface area contributed by atoms with Crippen LogP contribution in [0.3, 0.4) is 0 Å². The normalized spacial score (nSPS) is 17.1. The highest BCUT2D eigenvalue weighted by Crippen LogP contribution is 2.36. The Morgan fingerprint density at radius 3 is 2.44 bits per heavy atom. The van der Waals surface area contributed by atoms with Gasteiger partial charge in [-0.05, 0) is 60.6 Å². The molecule has 1 atom stereocenters. The summed E-state index contributed by atoms with van der Waals surface area (Å²) >= 11 is 6.72. The summed E-state index contributed by atoms with van der Waals surface area (Å²) in [7, 11) is 0. The van der Waals surface area contributed by atoms with Crippen molar-refractivity contribution >= 4 is 51.8 Å². The number of benzene rings is 2. The standard InChI is InChI=1S/C18H15ClN2O3S/c1-11-4-3-5-15(10-11)21-16(23)17(25-18(21)24)20(12(2)22)14-8-6-13(19)7-9-14/h3-10,17H,1-2H3/t17-/m0/s1. The first-order valence-electron chi connectivity index (χ1n) is 7.55. The number of thioether (sulfide) groups is 1. The van der Waals surface area contributed by atoms with Crippen LogP contribution in [-0.2, 0) is 9.59 Å². The third-order valence-electron chi connectivity index (χ3n) is 3.77. The summed E-state index contributed by atoms with van der Waals surface area (Å²) in [6.45, 7) is 3.25. The van der Waals surface area contributed by atoms with Crippen molar-refractivity contribution < 1.29 is 14.4 Å². The quantitative estimate of drug-likeness (QED) is 0.806. The molecule has 0 unspecified atom stereocenters. The fourth-order valence-corrected chi connectivity index (χ4v) is 3.85. The van der Waals surface area contributed by atoms with Gasteiger partial charge < -0.3 is 0 Å². The monoisotopic (exact) mass is 374 g/mol. The van der Waals surface area contributed by atoms with Gasteiger partial charge in [-0.2, -0.15) is 0 Å². The fraction of sp³-hybridized carbons (Fsp3) is 0.167. The van der Waals surface area contributed by atoms with E-state index in [9.17, 15) is 14.4 Å². The van der Waals surface area contributed by atoms with Crippen molar-refractivity contribution in [2.45, 2.75) is 19.2 Å². The van der Waals surface area contributed by atoms with Gasteiger partial charge in [0.2, 0.25) is 5.91 Å². The number of rotatable bonds is 3. The van der Waals surface area contributed by atoms with Gasteiger partial charge in [-0.25, -0.2) is 4.90 Å². The van der Waals surface area contributed by atoms with Gasteiger partial charge in [-0.3, -0.25) is 19.3 Å². The molecule has 0 N–H and O–H groups in total. The van der Waals surface area contributed by atoms with Gasteiger partial charge >= 0.3 is 0 Å². The summed E-state index contributed by atoms with van der Waals surface area (Å²) in [5.74, 6) is -0.766. The lowest BCUT2D eigenvalue weighted by molar-refractivity contribution is -0.121. The summed E-state index contributed by atoms with van der Waals surface area (Å²) in [6.07, 6.45) is 0. The van der Waals surface area contributed by atoms with E-state index >= 15 is 0 Å². The van der Waals surface area contributed by atoms with Gasteiger partial charge in [0, 0.05) is 17.6 Å². The molecule has 3 rings (SSSR count). The molecule has 0 saturated carbocycles. The Balaban J connectivity index is 1.96. The Labute approximate surface area is 154 Å². The second kappa shape index (κ2) is 6.90. The lowest BCUT2D eigenvalue weighted by Crippen LogP contribution is -2.44. The number of nitrogens with zero attached hydrogens (tertiary/aromatic N) is 2. The van der Waals surface area contributed by atoms with Crippen LogP contribution in [0.5, 0.6) is 0 Å². The van der Waals surface area contributed by atoms with Gasteiger partial charge in [0.25, 0.3) is 11.1 Å². The molecule has 3 amide bonds. The highest BCUT2D eigenvalue weighted by molar-refractivity contribution is 8.16. The van der Waals surface area contributed by atoms with Crippen molar-refractivity contribution in [2.24, 2.45) is 0 Å². The van der Waals surface area contributed by atoms with Crippen LogP contribution in [0.15, 0.2) is 48.5 Å². The number of amides is 3. The number of hydrogen-bond acceptors (Lipinski definition) is 4. The zero-order valence-electron chi connectivity index (χ0n) is 13.6.